The van der Waals surface area contributed by atoms with Gasteiger partial charge in [0, 0.05) is 37.9 Å². The minimum Gasteiger partial charge on any atom is -0.379 e. The summed E-state index contributed by atoms with van der Waals surface area (Å²) in [5.41, 5.74) is 0. The number of alkyl halides is 2. The molecule has 1 aliphatic rings. The third kappa shape index (κ3) is 5.23. The third-order valence-electron chi connectivity index (χ3n) is 3.43. The molecule has 0 bridgehead atoms. The summed E-state index contributed by atoms with van der Waals surface area (Å²) >= 11 is 0. The van der Waals surface area contributed by atoms with Crippen LogP contribution in [0.2, 0.25) is 0 Å². The second kappa shape index (κ2) is 8.04. The SMILES string of the molecule is C[C@@H](CNC(=O)Nc1ccn(CC(F)F)n1)N1CCOCC1. The average Bonchev–Trinajstić information content (AvgIpc) is 2.92. The number of carbonyl (C=O) groups is 1. The summed E-state index contributed by atoms with van der Waals surface area (Å²) in [6, 6.07) is 1.28. The van der Waals surface area contributed by atoms with Crippen molar-refractivity contribution >= 4 is 11.8 Å². The molecule has 2 heterocycles. The molecule has 9 heteroatoms. The van der Waals surface area contributed by atoms with Gasteiger partial charge in [-0.3, -0.25) is 14.9 Å². The Labute approximate surface area is 127 Å². The highest BCUT2D eigenvalue weighted by Crippen LogP contribution is 2.05. The van der Waals surface area contributed by atoms with Gasteiger partial charge in [0.1, 0.15) is 6.54 Å². The van der Waals surface area contributed by atoms with Crippen LogP contribution in [0, 0.1) is 0 Å². The van der Waals surface area contributed by atoms with Crippen LogP contribution in [0.15, 0.2) is 12.3 Å². The molecule has 1 aromatic heterocycles. The van der Waals surface area contributed by atoms with E-state index in [2.05, 4.69) is 20.6 Å². The molecule has 0 unspecified atom stereocenters. The molecule has 1 fully saturated rings. The number of halogens is 2. The fraction of sp³-hybridized carbons (Fsp3) is 0.692. The van der Waals surface area contributed by atoms with Crippen molar-refractivity contribution in [1.82, 2.24) is 20.0 Å². The summed E-state index contributed by atoms with van der Waals surface area (Å²) in [5, 5.41) is 9.12. The van der Waals surface area contributed by atoms with Gasteiger partial charge in [0.15, 0.2) is 5.82 Å². The highest BCUT2D eigenvalue weighted by molar-refractivity contribution is 5.88. The number of anilines is 1. The van der Waals surface area contributed by atoms with Gasteiger partial charge in [-0.05, 0) is 6.92 Å². The van der Waals surface area contributed by atoms with Gasteiger partial charge in [-0.25, -0.2) is 13.6 Å². The molecule has 0 saturated carbocycles. The van der Waals surface area contributed by atoms with Crippen LogP contribution in [0.3, 0.4) is 0 Å². The van der Waals surface area contributed by atoms with E-state index in [1.807, 2.05) is 6.92 Å². The van der Waals surface area contributed by atoms with Crippen LogP contribution in [0.25, 0.3) is 0 Å². The van der Waals surface area contributed by atoms with Crippen LogP contribution in [0.1, 0.15) is 6.92 Å². The number of hydrogen-bond acceptors (Lipinski definition) is 4. The summed E-state index contributed by atoms with van der Waals surface area (Å²) in [6.07, 6.45) is -1.08. The van der Waals surface area contributed by atoms with Gasteiger partial charge in [0.05, 0.1) is 13.2 Å². The Kier molecular flexibility index (Phi) is 6.08. The number of morpholine rings is 1. The monoisotopic (exact) mass is 317 g/mol. The molecule has 1 saturated heterocycles. The molecule has 7 nitrogen and oxygen atoms in total. The van der Waals surface area contributed by atoms with Gasteiger partial charge in [0.2, 0.25) is 0 Å². The molecule has 22 heavy (non-hydrogen) atoms. The zero-order valence-electron chi connectivity index (χ0n) is 12.5. The molecule has 2 amide bonds. The first kappa shape index (κ1) is 16.6. The Morgan fingerprint density at radius 1 is 1.45 bits per heavy atom. The molecule has 0 radical (unpaired) electrons. The Morgan fingerprint density at radius 2 is 2.18 bits per heavy atom. The number of hydrogen-bond donors (Lipinski definition) is 2. The average molecular weight is 317 g/mol. The fourth-order valence-corrected chi connectivity index (χ4v) is 2.22. The maximum Gasteiger partial charge on any atom is 0.320 e. The van der Waals surface area contributed by atoms with E-state index < -0.39 is 19.0 Å². The predicted octanol–water partition coefficient (Wildman–Crippen LogP) is 0.990. The normalized spacial score (nSPS) is 17.5. The standard InChI is InChI=1S/C13H21F2N5O2/c1-10(19-4-6-22-7-5-19)8-16-13(21)17-12-2-3-20(18-12)9-11(14)15/h2-3,10-11H,4-9H2,1H3,(H2,16,17,18,21)/t10-/m0/s1. The van der Waals surface area contributed by atoms with Crippen molar-refractivity contribution in [2.24, 2.45) is 0 Å². The Hall–Kier alpha value is -1.74. The summed E-state index contributed by atoms with van der Waals surface area (Å²) in [4.78, 5) is 14.0. The van der Waals surface area contributed by atoms with Crippen LogP contribution < -0.4 is 10.6 Å². The molecule has 0 aromatic carbocycles. The molecule has 1 atom stereocenters. The zero-order chi connectivity index (χ0) is 15.9. The highest BCUT2D eigenvalue weighted by Gasteiger charge is 2.17. The Balaban J connectivity index is 1.71. The number of ether oxygens (including phenoxy) is 1. The van der Waals surface area contributed by atoms with E-state index in [1.54, 1.807) is 0 Å². The van der Waals surface area contributed by atoms with Gasteiger partial charge in [-0.1, -0.05) is 0 Å². The van der Waals surface area contributed by atoms with E-state index in [0.29, 0.717) is 19.8 Å². The van der Waals surface area contributed by atoms with Crippen molar-refractivity contribution < 1.29 is 18.3 Å². The summed E-state index contributed by atoms with van der Waals surface area (Å²) < 4.78 is 30.8. The maximum atomic E-state index is 12.2. The fourth-order valence-electron chi connectivity index (χ4n) is 2.22. The quantitative estimate of drug-likeness (QED) is 0.821. The largest absolute Gasteiger partial charge is 0.379 e. The third-order valence-corrected chi connectivity index (χ3v) is 3.43. The topological polar surface area (TPSA) is 71.4 Å². The highest BCUT2D eigenvalue weighted by atomic mass is 19.3. The lowest BCUT2D eigenvalue weighted by Crippen LogP contribution is -2.47. The number of nitrogens with one attached hydrogen (secondary N) is 2. The Morgan fingerprint density at radius 3 is 2.86 bits per heavy atom. The second-order valence-corrected chi connectivity index (χ2v) is 5.15. The number of urea groups is 1. The number of carbonyl (C=O) groups excluding carboxylic acids is 1. The van der Waals surface area contributed by atoms with Crippen LogP contribution in [-0.4, -0.2) is 66.0 Å². The van der Waals surface area contributed by atoms with Gasteiger partial charge in [-0.2, -0.15) is 5.10 Å². The van der Waals surface area contributed by atoms with E-state index in [1.165, 1.54) is 12.3 Å². The minimum absolute atomic E-state index is 0.200. The van der Waals surface area contributed by atoms with Crippen molar-refractivity contribution in [3.63, 3.8) is 0 Å². The zero-order valence-corrected chi connectivity index (χ0v) is 12.5. The number of rotatable bonds is 6. The summed E-state index contributed by atoms with van der Waals surface area (Å²) in [5.74, 6) is 0.247. The van der Waals surface area contributed by atoms with Gasteiger partial charge < -0.3 is 10.1 Å². The lowest BCUT2D eigenvalue weighted by Gasteiger charge is -2.32. The number of amides is 2. The van der Waals surface area contributed by atoms with Crippen LogP contribution >= 0.6 is 0 Å². The van der Waals surface area contributed by atoms with E-state index in [9.17, 15) is 13.6 Å². The maximum absolute atomic E-state index is 12.2. The summed E-state index contributed by atoms with van der Waals surface area (Å²) in [7, 11) is 0. The lowest BCUT2D eigenvalue weighted by atomic mass is 10.2. The van der Waals surface area contributed by atoms with E-state index in [-0.39, 0.29) is 11.9 Å². The van der Waals surface area contributed by atoms with Crippen LogP contribution in [0.5, 0.6) is 0 Å². The molecule has 0 spiro atoms. The number of nitrogens with zero attached hydrogens (tertiary/aromatic N) is 3. The molecule has 124 valence electrons. The molecule has 2 rings (SSSR count). The van der Waals surface area contributed by atoms with Crippen molar-refractivity contribution in [1.29, 1.82) is 0 Å². The van der Waals surface area contributed by atoms with E-state index in [4.69, 9.17) is 4.74 Å². The molecule has 0 aliphatic carbocycles. The van der Waals surface area contributed by atoms with E-state index >= 15 is 0 Å². The van der Waals surface area contributed by atoms with Gasteiger partial charge in [-0.15, -0.1) is 0 Å². The number of aromatic nitrogens is 2. The smallest absolute Gasteiger partial charge is 0.320 e. The van der Waals surface area contributed by atoms with Crippen molar-refractivity contribution in [3.05, 3.63) is 12.3 Å². The van der Waals surface area contributed by atoms with Crippen molar-refractivity contribution in [2.75, 3.05) is 38.2 Å². The van der Waals surface area contributed by atoms with Gasteiger partial charge in [0.25, 0.3) is 6.43 Å². The summed E-state index contributed by atoms with van der Waals surface area (Å²) in [6.45, 7) is 5.14. The lowest BCUT2D eigenvalue weighted by molar-refractivity contribution is 0.0209. The first-order chi connectivity index (χ1) is 10.5. The molecule has 2 N–H and O–H groups in total. The molecular formula is C13H21F2N5O2. The van der Waals surface area contributed by atoms with Crippen LogP contribution in [0.4, 0.5) is 19.4 Å². The predicted molar refractivity (Wildman–Crippen MR) is 77.1 cm³/mol. The first-order valence-corrected chi connectivity index (χ1v) is 7.23. The molecule has 1 aromatic rings. The van der Waals surface area contributed by atoms with Gasteiger partial charge >= 0.3 is 6.03 Å². The van der Waals surface area contributed by atoms with Crippen LogP contribution in [-0.2, 0) is 11.3 Å². The van der Waals surface area contributed by atoms with E-state index in [0.717, 1.165) is 17.8 Å². The first-order valence-electron chi connectivity index (χ1n) is 7.23. The minimum atomic E-state index is -2.48. The van der Waals surface area contributed by atoms with Crippen molar-refractivity contribution in [3.8, 4) is 0 Å². The molecule has 1 aliphatic heterocycles. The van der Waals surface area contributed by atoms with Crippen molar-refractivity contribution in [2.45, 2.75) is 25.9 Å². The molecular weight excluding hydrogens is 296 g/mol. The second-order valence-electron chi connectivity index (χ2n) is 5.15. The Bertz CT molecular complexity index is 477.